The molecule has 0 saturated heterocycles. The first kappa shape index (κ1) is 27.2. The molecule has 0 fully saturated rings. The molecule has 0 atom stereocenters. The molecule has 0 spiro atoms. The lowest BCUT2D eigenvalue weighted by molar-refractivity contribution is -0.139. The second kappa shape index (κ2) is 11.1. The van der Waals surface area contributed by atoms with Crippen LogP contribution in [0.25, 0.3) is 10.4 Å². The molecular formula is C24H19BrF3NO6S. The molecule has 7 nitrogen and oxygen atoms in total. The average Bonchev–Trinajstić information content (AvgIpc) is 3.16. The fourth-order valence-corrected chi connectivity index (χ4v) is 5.25. The van der Waals surface area contributed by atoms with Crippen molar-refractivity contribution in [1.82, 2.24) is 0 Å². The third kappa shape index (κ3) is 6.24. The zero-order valence-electron chi connectivity index (χ0n) is 18.9. The molecular weight excluding hydrogens is 567 g/mol. The molecule has 12 heteroatoms. The SMILES string of the molecule is COC(=O)c1sc(-c2cccc(CN(C(C)=O)c3ccc(C(F)(F)F)cc3)c2)c(Br)c1OCC(=O)O. The number of amides is 1. The van der Waals surface area contributed by atoms with Crippen molar-refractivity contribution < 1.29 is 42.1 Å². The summed E-state index contributed by atoms with van der Waals surface area (Å²) in [5.41, 5.74) is 0.781. The summed E-state index contributed by atoms with van der Waals surface area (Å²) in [6.45, 7) is 0.718. The first-order valence-corrected chi connectivity index (χ1v) is 11.8. The summed E-state index contributed by atoms with van der Waals surface area (Å²) in [7, 11) is 1.19. The highest BCUT2D eigenvalue weighted by atomic mass is 79.9. The lowest BCUT2D eigenvalue weighted by Crippen LogP contribution is -2.27. The van der Waals surface area contributed by atoms with Crippen LogP contribution in [0.1, 0.15) is 27.7 Å². The first-order chi connectivity index (χ1) is 16.9. The Bertz CT molecular complexity index is 1290. The Morgan fingerprint density at radius 3 is 2.33 bits per heavy atom. The maximum absolute atomic E-state index is 12.9. The Labute approximate surface area is 216 Å². The molecule has 36 heavy (non-hydrogen) atoms. The lowest BCUT2D eigenvalue weighted by Gasteiger charge is -2.22. The van der Waals surface area contributed by atoms with E-state index in [-0.39, 0.29) is 23.1 Å². The number of rotatable bonds is 8. The fraction of sp³-hybridized carbons (Fsp3) is 0.208. The van der Waals surface area contributed by atoms with Gasteiger partial charge in [0.15, 0.2) is 17.2 Å². The van der Waals surface area contributed by atoms with Gasteiger partial charge in [0.25, 0.3) is 0 Å². The fourth-order valence-electron chi connectivity index (χ4n) is 3.28. The summed E-state index contributed by atoms with van der Waals surface area (Å²) in [6, 6.07) is 11.3. The number of thiophene rings is 1. The van der Waals surface area contributed by atoms with Gasteiger partial charge in [-0.3, -0.25) is 4.79 Å². The lowest BCUT2D eigenvalue weighted by atomic mass is 10.1. The van der Waals surface area contributed by atoms with Crippen LogP contribution in [-0.2, 0) is 27.0 Å². The van der Waals surface area contributed by atoms with Crippen LogP contribution in [0.3, 0.4) is 0 Å². The first-order valence-electron chi connectivity index (χ1n) is 10.2. The number of carboxylic acids is 1. The molecule has 0 unspecified atom stereocenters. The van der Waals surface area contributed by atoms with Crippen LogP contribution in [0.2, 0.25) is 0 Å². The number of esters is 1. The van der Waals surface area contributed by atoms with E-state index < -0.39 is 30.3 Å². The Kier molecular flexibility index (Phi) is 8.41. The molecule has 1 N–H and O–H groups in total. The Morgan fingerprint density at radius 1 is 1.11 bits per heavy atom. The minimum atomic E-state index is -4.49. The molecule has 0 aliphatic rings. The summed E-state index contributed by atoms with van der Waals surface area (Å²) in [5, 5.41) is 8.95. The van der Waals surface area contributed by atoms with Crippen LogP contribution in [0.15, 0.2) is 53.0 Å². The maximum atomic E-state index is 12.9. The maximum Gasteiger partial charge on any atom is 0.416 e. The molecule has 0 saturated carbocycles. The minimum absolute atomic E-state index is 0.0322. The van der Waals surface area contributed by atoms with Crippen LogP contribution in [0.4, 0.5) is 18.9 Å². The van der Waals surface area contributed by atoms with E-state index in [0.29, 0.717) is 26.2 Å². The number of aliphatic carboxylic acids is 1. The molecule has 0 radical (unpaired) electrons. The summed E-state index contributed by atoms with van der Waals surface area (Å²) in [4.78, 5) is 37.5. The van der Waals surface area contributed by atoms with Crippen molar-refractivity contribution in [2.24, 2.45) is 0 Å². The number of carboxylic acid groups (broad SMARTS) is 1. The van der Waals surface area contributed by atoms with Gasteiger partial charge in [-0.2, -0.15) is 13.2 Å². The number of halogens is 4. The number of hydrogen-bond acceptors (Lipinski definition) is 6. The molecule has 190 valence electrons. The second-order valence-electron chi connectivity index (χ2n) is 7.43. The number of alkyl halides is 3. The zero-order chi connectivity index (χ0) is 26.6. The summed E-state index contributed by atoms with van der Waals surface area (Å²) in [6.07, 6.45) is -4.49. The number of ether oxygens (including phenoxy) is 2. The van der Waals surface area contributed by atoms with Crippen molar-refractivity contribution in [3.05, 3.63) is 69.0 Å². The van der Waals surface area contributed by atoms with Crippen LogP contribution in [0.5, 0.6) is 5.75 Å². The molecule has 2 aromatic carbocycles. The molecule has 3 rings (SSSR count). The molecule has 0 aliphatic carbocycles. The van der Waals surface area contributed by atoms with Gasteiger partial charge in [0.1, 0.15) is 0 Å². The quantitative estimate of drug-likeness (QED) is 0.326. The van der Waals surface area contributed by atoms with Crippen LogP contribution >= 0.6 is 27.3 Å². The topological polar surface area (TPSA) is 93.1 Å². The summed E-state index contributed by atoms with van der Waals surface area (Å²) < 4.78 is 49.2. The van der Waals surface area contributed by atoms with Crippen LogP contribution in [-0.4, -0.2) is 36.7 Å². The number of hydrogen-bond donors (Lipinski definition) is 1. The van der Waals surface area contributed by atoms with Gasteiger partial charge in [0.2, 0.25) is 5.91 Å². The van der Waals surface area contributed by atoms with Crippen molar-refractivity contribution in [2.75, 3.05) is 18.6 Å². The highest BCUT2D eigenvalue weighted by Gasteiger charge is 2.30. The number of carbonyl (C=O) groups excluding carboxylic acids is 2. The second-order valence-corrected chi connectivity index (χ2v) is 9.24. The average molecular weight is 586 g/mol. The molecule has 1 amide bonds. The molecule has 0 bridgehead atoms. The smallest absolute Gasteiger partial charge is 0.416 e. The van der Waals surface area contributed by atoms with E-state index in [1.807, 2.05) is 0 Å². The van der Waals surface area contributed by atoms with Crippen molar-refractivity contribution in [3.63, 3.8) is 0 Å². The van der Waals surface area contributed by atoms with Gasteiger partial charge in [-0.1, -0.05) is 18.2 Å². The number of nitrogens with zero attached hydrogens (tertiary/aromatic N) is 1. The standard InChI is InChI=1S/C24H19BrF3NO6S/c1-13(30)29(17-8-6-16(7-9-17)24(26,27)28)11-14-4-3-5-15(10-14)21-19(25)20(35-12-18(31)32)22(36-21)23(33)34-2/h3-10H,11-12H2,1-2H3,(H,31,32). The van der Waals surface area contributed by atoms with E-state index in [1.54, 1.807) is 24.3 Å². The minimum Gasteiger partial charge on any atom is -0.479 e. The highest BCUT2D eigenvalue weighted by molar-refractivity contribution is 9.10. The monoisotopic (exact) mass is 585 g/mol. The van der Waals surface area contributed by atoms with E-state index in [2.05, 4.69) is 15.9 Å². The van der Waals surface area contributed by atoms with Gasteiger partial charge in [-0.15, -0.1) is 11.3 Å². The molecule has 3 aromatic rings. The number of benzene rings is 2. The van der Waals surface area contributed by atoms with E-state index in [4.69, 9.17) is 14.6 Å². The van der Waals surface area contributed by atoms with Crippen molar-refractivity contribution in [3.8, 4) is 16.2 Å². The third-order valence-electron chi connectivity index (χ3n) is 4.94. The molecule has 1 heterocycles. The number of anilines is 1. The van der Waals surface area contributed by atoms with Crippen molar-refractivity contribution in [1.29, 1.82) is 0 Å². The van der Waals surface area contributed by atoms with Gasteiger partial charge in [0.05, 0.1) is 28.6 Å². The van der Waals surface area contributed by atoms with Crippen molar-refractivity contribution >= 4 is 50.8 Å². The van der Waals surface area contributed by atoms with E-state index in [9.17, 15) is 27.6 Å². The third-order valence-corrected chi connectivity index (χ3v) is 7.16. The van der Waals surface area contributed by atoms with Crippen LogP contribution in [0, 0.1) is 0 Å². The van der Waals surface area contributed by atoms with Crippen molar-refractivity contribution in [2.45, 2.75) is 19.6 Å². The van der Waals surface area contributed by atoms with E-state index >= 15 is 0 Å². The normalized spacial score (nSPS) is 11.2. The summed E-state index contributed by atoms with van der Waals surface area (Å²) in [5.74, 6) is -2.26. The van der Waals surface area contributed by atoms with Gasteiger partial charge in [-0.05, 0) is 57.4 Å². The van der Waals surface area contributed by atoms with E-state index in [0.717, 1.165) is 23.5 Å². The Hall–Kier alpha value is -3.38. The predicted octanol–water partition coefficient (Wildman–Crippen LogP) is 6.00. The van der Waals surface area contributed by atoms with Crippen LogP contribution < -0.4 is 9.64 Å². The molecule has 1 aromatic heterocycles. The summed E-state index contributed by atoms with van der Waals surface area (Å²) >= 11 is 4.40. The number of carbonyl (C=O) groups is 3. The predicted molar refractivity (Wildman–Crippen MR) is 130 cm³/mol. The molecule has 0 aliphatic heterocycles. The van der Waals surface area contributed by atoms with Gasteiger partial charge >= 0.3 is 18.1 Å². The van der Waals surface area contributed by atoms with E-state index in [1.165, 1.54) is 31.1 Å². The Balaban J connectivity index is 1.95. The van der Waals surface area contributed by atoms with Gasteiger partial charge < -0.3 is 19.5 Å². The number of methoxy groups -OCH3 is 1. The zero-order valence-corrected chi connectivity index (χ0v) is 21.3. The highest BCUT2D eigenvalue weighted by Crippen LogP contribution is 2.46. The largest absolute Gasteiger partial charge is 0.479 e. The van der Waals surface area contributed by atoms with Gasteiger partial charge in [-0.25, -0.2) is 9.59 Å². The van der Waals surface area contributed by atoms with Gasteiger partial charge in [0, 0.05) is 12.6 Å². The Morgan fingerprint density at radius 2 is 1.78 bits per heavy atom.